The second-order valence-electron chi connectivity index (χ2n) is 23.8. The van der Waals surface area contributed by atoms with Crippen molar-refractivity contribution in [1.82, 2.24) is 37.2 Å². The quantitative estimate of drug-likeness (QED) is 0.0344. The van der Waals surface area contributed by atoms with E-state index >= 15 is 0 Å². The van der Waals surface area contributed by atoms with Crippen LogP contribution in [0.15, 0.2) is 146 Å². The molecule has 39 heteroatoms. The molecule has 0 radical (unpaired) electrons. The number of hydrogen-bond acceptors (Lipinski definition) is 22. The molecule has 0 saturated heterocycles. The van der Waals surface area contributed by atoms with Crippen LogP contribution >= 0.6 is 58.0 Å². The monoisotopic (exact) mass is 1730 g/mol. The van der Waals surface area contributed by atoms with E-state index in [2.05, 4.69) is 56.6 Å². The van der Waals surface area contributed by atoms with Gasteiger partial charge in [-0.2, -0.15) is 0 Å². The average Bonchev–Trinajstić information content (AvgIpc) is 0.792. The molecule has 9 aromatic rings. The molecule has 9 rings (SSSR count). The third-order valence-corrected chi connectivity index (χ3v) is 16.4. The number of nitrogens with one attached hydrogen (secondary N) is 14. The van der Waals surface area contributed by atoms with Crippen molar-refractivity contribution in [1.29, 1.82) is 37.9 Å². The Kier molecular flexibility index (Phi) is 38.7. The summed E-state index contributed by atoms with van der Waals surface area (Å²) < 4.78 is 18.3. The van der Waals surface area contributed by atoms with Gasteiger partial charge in [0.25, 0.3) is 41.4 Å². The van der Waals surface area contributed by atoms with E-state index in [9.17, 15) is 73.7 Å². The number of halogens is 6. The molecule has 0 unspecified atom stereocenters. The van der Waals surface area contributed by atoms with Crippen LogP contribution in [0.3, 0.4) is 0 Å². The molecule has 0 bridgehead atoms. The van der Waals surface area contributed by atoms with Crippen LogP contribution in [0.5, 0.6) is 46.0 Å². The molecule has 0 aliphatic heterocycles. The van der Waals surface area contributed by atoms with Gasteiger partial charge in [0.1, 0.15) is 62.7 Å². The third-order valence-electron chi connectivity index (χ3n) is 14.6. The Balaban J connectivity index is 0.000000363. The van der Waals surface area contributed by atoms with Crippen LogP contribution < -0.4 is 42.0 Å². The summed E-state index contributed by atoms with van der Waals surface area (Å²) in [6.45, 7) is 39.3. The van der Waals surface area contributed by atoms with Gasteiger partial charge in [-0.1, -0.05) is 137 Å². The van der Waals surface area contributed by atoms with Crippen molar-refractivity contribution in [3.8, 4) is 68.2 Å². The fourth-order valence-electron chi connectivity index (χ4n) is 9.65. The molecule has 0 aliphatic carbocycles. The Morgan fingerprint density at radius 2 is 0.592 bits per heavy atom. The number of nitrogens with zero attached hydrogens (tertiary/aromatic N) is 4. The van der Waals surface area contributed by atoms with Gasteiger partial charge in [0.05, 0.1) is 117 Å². The Labute approximate surface area is 709 Å². The molecule has 33 nitrogen and oxygen atoms in total. The summed E-state index contributed by atoms with van der Waals surface area (Å²) in [5.41, 5.74) is 2.47. The minimum Gasteiger partial charge on any atom is -0.507 e. The number of amidine groups is 7. The predicted molar refractivity (Wildman–Crippen MR) is 455 cm³/mol. The van der Waals surface area contributed by atoms with Crippen LogP contribution in [-0.4, -0.2) is 125 Å². The van der Waals surface area contributed by atoms with Crippen LogP contribution in [0.1, 0.15) is 127 Å². The van der Waals surface area contributed by atoms with Gasteiger partial charge in [-0.3, -0.25) is 71.4 Å². The molecule has 9 aromatic carbocycles. The highest BCUT2D eigenvalue weighted by molar-refractivity contribution is 6.44. The lowest BCUT2D eigenvalue weighted by Gasteiger charge is -2.13. The highest BCUT2D eigenvalue weighted by atomic mass is 35.5. The molecule has 0 atom stereocenters. The number of phenolic OH excluding ortho intramolecular Hbond substituents is 7. The molecule has 0 fully saturated rings. The van der Waals surface area contributed by atoms with Crippen molar-refractivity contribution in [2.45, 2.75) is 55.4 Å². The molecule has 0 heterocycles. The first-order valence-electron chi connectivity index (χ1n) is 33.5. The summed E-state index contributed by atoms with van der Waals surface area (Å²) in [4.78, 5) is 95.1. The maximum atomic E-state index is 13.3. The zero-order chi connectivity index (χ0) is 90.9. The van der Waals surface area contributed by atoms with E-state index < -0.39 is 58.5 Å². The lowest BCUT2D eigenvalue weighted by molar-refractivity contribution is 0.0961. The molecule has 0 aromatic heterocycles. The summed E-state index contributed by atoms with van der Waals surface area (Å²) in [6.07, 6.45) is 0. The van der Waals surface area contributed by atoms with E-state index in [1.807, 2.05) is 24.3 Å². The standard InChI is InChI=1S/C16H13N3O2.C15H13ClN2O2.C11H11N3O3.C11H11N3O2.C10H8ClN3O2.C9H8Cl2N2O2.C9H8ClFN2O2/c1-10(17)19-16(21)15-13(20)9-8-12(18-2)14(15)11-6-4-3-5-7-11;1-9(17)18-15(20)14-12(19)8-7-11(16)13(14)10-5-3-2-4-6-10;1-6(12)14-11(16)9-8(15)5-4-7(13-2)10(9)17-3;1-6-8(13-3)4-5-9(15)10(6)11(16)14-7(2)12;1-5(12)14-10(16)8-7(15)4-3-6(13-2)9(8)11;2*1-4(12)13-9(15)7-6(14)3-2-5(10)8(7)11/h3-9,20H,1H3,(H2,17,19,21);2-8,19H,1H3,(H2,17,18,20);4-5,15H,1,3H3,(H2,12,14,16);4-5,15H,1-2H3,(H2,12,14,16);3-4,15H,1H3,(H2,12,14,16);2*2-3,14H,1H3,(H2,12,13,15). The highest BCUT2D eigenvalue weighted by Gasteiger charge is 2.27. The fraction of sp³-hybridized carbons (Fsp3) is 0.111. The molecule has 0 saturated carbocycles. The first-order chi connectivity index (χ1) is 56.3. The van der Waals surface area contributed by atoms with Gasteiger partial charge in [-0.05, 0) is 139 Å². The molecule has 0 spiro atoms. The second-order valence-corrected chi connectivity index (χ2v) is 25.8. The summed E-state index contributed by atoms with van der Waals surface area (Å²) in [6, 6.07) is 36.5. The predicted octanol–water partition coefficient (Wildman–Crippen LogP) is 17.1. The number of aromatic hydroxyl groups is 7. The van der Waals surface area contributed by atoms with E-state index in [-0.39, 0.29) is 152 Å². The number of amides is 7. The van der Waals surface area contributed by atoms with Gasteiger partial charge >= 0.3 is 0 Å². The minimum atomic E-state index is -1.00. The maximum Gasteiger partial charge on any atom is 0.263 e. The van der Waals surface area contributed by atoms with Crippen molar-refractivity contribution in [3.05, 3.63) is 267 Å². The van der Waals surface area contributed by atoms with E-state index in [0.717, 1.165) is 17.7 Å². The Bertz CT molecular complexity index is 5580. The fourth-order valence-corrected chi connectivity index (χ4v) is 10.8. The number of ether oxygens (including phenoxy) is 1. The van der Waals surface area contributed by atoms with Gasteiger partial charge in [-0.25, -0.2) is 23.8 Å². The number of rotatable bonds is 10. The van der Waals surface area contributed by atoms with E-state index in [1.165, 1.54) is 128 Å². The lowest BCUT2D eigenvalue weighted by Crippen LogP contribution is -2.28. The summed E-state index contributed by atoms with van der Waals surface area (Å²) in [5, 5.41) is 133. The van der Waals surface area contributed by atoms with Crippen LogP contribution in [0.2, 0.25) is 25.1 Å². The van der Waals surface area contributed by atoms with Crippen molar-refractivity contribution in [2.24, 2.45) is 0 Å². The summed E-state index contributed by atoms with van der Waals surface area (Å²) in [5.74, 6) is -8.10. The summed E-state index contributed by atoms with van der Waals surface area (Å²) in [7, 11) is 1.30. The molecule has 7 amide bonds. The zero-order valence-electron chi connectivity index (χ0n) is 64.3. The SMILES string of the molecule is CC(=N)NC(=O)c1c(O)ccc(Cl)c1-c1ccccc1.CC(=N)NC(=O)c1c(O)ccc(Cl)c1Cl.CC(=N)NC(=O)c1c(O)ccc(Cl)c1F.[C-]#[N+]c1ccc(O)c(C(=O)NC(C)=N)c1-c1ccccc1.[C-]#[N+]c1ccc(O)c(C(=O)NC(C)=N)c1C.[C-]#[N+]c1ccc(O)c(C(=O)NC(C)=N)c1Cl.[C-]#[N+]c1ccc(O)c(C(=O)NC(C)=N)c1OC. The number of phenols is 7. The third kappa shape index (κ3) is 28.3. The van der Waals surface area contributed by atoms with Gasteiger partial charge in [0, 0.05) is 16.1 Å². The van der Waals surface area contributed by atoms with Gasteiger partial charge in [0.2, 0.25) is 11.4 Å². The van der Waals surface area contributed by atoms with Crippen LogP contribution in [0, 0.1) is 76.9 Å². The Morgan fingerprint density at radius 1 is 0.325 bits per heavy atom. The van der Waals surface area contributed by atoms with Crippen LogP contribution in [-0.2, 0) is 0 Å². The smallest absolute Gasteiger partial charge is 0.263 e. The first kappa shape index (κ1) is 98.9. The number of hydrogen-bond donors (Lipinski definition) is 21. The minimum absolute atomic E-state index is 0.00116. The van der Waals surface area contributed by atoms with Gasteiger partial charge in [-0.15, -0.1) is 0 Å². The van der Waals surface area contributed by atoms with Gasteiger partial charge < -0.3 is 77.7 Å². The summed E-state index contributed by atoms with van der Waals surface area (Å²) >= 11 is 28.8. The number of carbonyl (C=O) groups excluding carboxylic acids is 7. The topological polar surface area (TPSA) is 539 Å². The Morgan fingerprint density at radius 3 is 0.975 bits per heavy atom. The molecule has 21 N–H and O–H groups in total. The number of carbonyl (C=O) groups is 7. The van der Waals surface area contributed by atoms with Crippen LogP contribution in [0.4, 0.5) is 27.1 Å². The first-order valence-corrected chi connectivity index (χ1v) is 35.4. The van der Waals surface area contributed by atoms with E-state index in [0.29, 0.717) is 33.0 Å². The Hall–Kier alpha value is -15.3. The maximum absolute atomic E-state index is 13.3. The van der Waals surface area contributed by atoms with Crippen molar-refractivity contribution < 1.29 is 78.4 Å². The lowest BCUT2D eigenvalue weighted by atomic mass is 9.96. The number of methoxy groups -OCH3 is 1. The molecular weight excluding hydrogens is 1660 g/mol. The van der Waals surface area contributed by atoms with Crippen molar-refractivity contribution in [3.63, 3.8) is 0 Å². The molecular formula is C81H72Cl5FN18O15. The molecule has 618 valence electrons. The average molecular weight is 1730 g/mol. The number of benzene rings is 9. The van der Waals surface area contributed by atoms with Gasteiger partial charge in [0.15, 0.2) is 17.2 Å². The van der Waals surface area contributed by atoms with E-state index in [4.69, 9.17) is 127 Å². The van der Waals surface area contributed by atoms with Crippen LogP contribution in [0.25, 0.3) is 41.6 Å². The normalized spacial score (nSPS) is 9.62. The largest absolute Gasteiger partial charge is 0.507 e. The molecule has 120 heavy (non-hydrogen) atoms. The zero-order valence-corrected chi connectivity index (χ0v) is 68.1. The highest BCUT2D eigenvalue weighted by Crippen LogP contribution is 2.42. The van der Waals surface area contributed by atoms with E-state index in [1.54, 1.807) is 43.3 Å². The molecule has 0 aliphatic rings. The van der Waals surface area contributed by atoms with Crippen molar-refractivity contribution >= 4 is 163 Å². The second kappa shape index (κ2) is 46.9. The van der Waals surface area contributed by atoms with Crippen molar-refractivity contribution in [2.75, 3.05) is 7.11 Å².